The Morgan fingerprint density at radius 3 is 2.92 bits per heavy atom. The van der Waals surface area contributed by atoms with Crippen molar-refractivity contribution in [3.63, 3.8) is 0 Å². The van der Waals surface area contributed by atoms with E-state index in [-0.39, 0.29) is 36.2 Å². The van der Waals surface area contributed by atoms with Gasteiger partial charge in [-0.3, -0.25) is 0 Å². The molecule has 0 amide bonds. The number of hydrogen-bond acceptors (Lipinski definition) is 2. The summed E-state index contributed by atoms with van der Waals surface area (Å²) in [6.07, 6.45) is 1.90. The van der Waals surface area contributed by atoms with E-state index in [2.05, 4.69) is 0 Å². The van der Waals surface area contributed by atoms with Gasteiger partial charge in [-0.2, -0.15) is 0 Å². The molecule has 0 aliphatic rings. The average molecular weight is 177 g/mol. The minimum absolute atomic E-state index is 0. The molecule has 0 aliphatic carbocycles. The smallest absolute Gasteiger partial charge is 0.850 e. The van der Waals surface area contributed by atoms with Gasteiger partial charge in [0, 0.05) is 25.5 Å². The Balaban J connectivity index is 0.00000121. The number of nitrogens with zero attached hydrogens (tertiary/aromatic N) is 1. The van der Waals surface area contributed by atoms with E-state index < -0.39 is 0 Å². The number of rotatable bonds is 4. The van der Waals surface area contributed by atoms with Gasteiger partial charge in [-0.05, 0) is 12.1 Å². The fraction of sp³-hybridized carbons (Fsp3) is 0.500. The van der Waals surface area contributed by atoms with Gasteiger partial charge in [0.25, 0.3) is 0 Å². The second-order valence-corrected chi connectivity index (χ2v) is 2.33. The summed E-state index contributed by atoms with van der Waals surface area (Å²) in [5.41, 5.74) is 0.821. The first-order chi connectivity index (χ1) is 5.38. The molecule has 1 aromatic heterocycles. The number of hydrogen-bond donors (Lipinski definition) is 0. The van der Waals surface area contributed by atoms with E-state index in [1.807, 2.05) is 22.9 Å². The van der Waals surface area contributed by atoms with E-state index in [9.17, 15) is 5.11 Å². The van der Waals surface area contributed by atoms with Crippen LogP contribution in [0.1, 0.15) is 5.69 Å². The molecule has 0 aromatic carbocycles. The van der Waals surface area contributed by atoms with Crippen molar-refractivity contribution in [1.29, 1.82) is 0 Å². The van der Waals surface area contributed by atoms with Gasteiger partial charge in [-0.15, -0.1) is 0 Å². The van der Waals surface area contributed by atoms with Crippen LogP contribution in [0.4, 0.5) is 0 Å². The summed E-state index contributed by atoms with van der Waals surface area (Å²) < 4.78 is 6.80. The van der Waals surface area contributed by atoms with Crippen LogP contribution in [0.15, 0.2) is 18.3 Å². The van der Waals surface area contributed by atoms with Crippen molar-refractivity contribution in [1.82, 2.24) is 4.57 Å². The van der Waals surface area contributed by atoms with Crippen molar-refractivity contribution in [2.45, 2.75) is 13.2 Å². The van der Waals surface area contributed by atoms with E-state index in [0.29, 0.717) is 6.61 Å². The second-order valence-electron chi connectivity index (χ2n) is 2.33. The Kier molecular flexibility index (Phi) is 6.80. The first-order valence-corrected chi connectivity index (χ1v) is 3.59. The summed E-state index contributed by atoms with van der Waals surface area (Å²) >= 11 is 0. The summed E-state index contributed by atoms with van der Waals surface area (Å²) in [5.74, 6) is 0. The van der Waals surface area contributed by atoms with E-state index in [4.69, 9.17) is 4.74 Å². The summed E-state index contributed by atoms with van der Waals surface area (Å²) in [6.45, 7) is 1.26. The van der Waals surface area contributed by atoms with Gasteiger partial charge in [0.15, 0.2) is 0 Å². The van der Waals surface area contributed by atoms with Crippen molar-refractivity contribution in [2.75, 3.05) is 13.7 Å². The van der Waals surface area contributed by atoms with Crippen molar-refractivity contribution < 1.29 is 39.4 Å². The van der Waals surface area contributed by atoms with Crippen LogP contribution in [0.2, 0.25) is 0 Å². The quantitative estimate of drug-likeness (QED) is 0.460. The largest absolute Gasteiger partial charge is 1.00 e. The van der Waals surface area contributed by atoms with Crippen molar-refractivity contribution >= 4 is 0 Å². The maximum Gasteiger partial charge on any atom is 1.00 e. The van der Waals surface area contributed by atoms with Gasteiger partial charge in [-0.1, -0.05) is 6.61 Å². The van der Waals surface area contributed by atoms with Crippen molar-refractivity contribution in [3.8, 4) is 0 Å². The van der Waals surface area contributed by atoms with Gasteiger partial charge in [-0.25, -0.2) is 0 Å². The minimum Gasteiger partial charge on any atom is -0.850 e. The van der Waals surface area contributed by atoms with Crippen LogP contribution < -0.4 is 34.7 Å². The Morgan fingerprint density at radius 2 is 2.33 bits per heavy atom. The zero-order chi connectivity index (χ0) is 8.10. The van der Waals surface area contributed by atoms with Crippen LogP contribution >= 0.6 is 0 Å². The molecule has 0 fully saturated rings. The topological polar surface area (TPSA) is 37.2 Å². The summed E-state index contributed by atoms with van der Waals surface area (Å²) in [4.78, 5) is 0. The van der Waals surface area contributed by atoms with Crippen LogP contribution in [0.5, 0.6) is 0 Å². The molecule has 0 saturated carbocycles. The van der Waals surface area contributed by atoms with Crippen molar-refractivity contribution in [3.05, 3.63) is 24.0 Å². The zero-order valence-corrected chi connectivity index (χ0v) is 9.62. The van der Waals surface area contributed by atoms with Crippen LogP contribution in [0, 0.1) is 0 Å². The molecule has 1 heterocycles. The predicted octanol–water partition coefficient (Wildman–Crippen LogP) is -3.00. The Labute approximate surface area is 94.6 Å². The predicted molar refractivity (Wildman–Crippen MR) is 40.0 cm³/mol. The summed E-state index contributed by atoms with van der Waals surface area (Å²) in [6, 6.07) is 3.71. The zero-order valence-electron chi connectivity index (χ0n) is 7.62. The van der Waals surface area contributed by atoms with Crippen LogP contribution in [-0.2, 0) is 17.9 Å². The molecule has 1 rings (SSSR count). The monoisotopic (exact) mass is 177 g/mol. The fourth-order valence-electron chi connectivity index (χ4n) is 0.988. The molecule has 0 aliphatic heterocycles. The van der Waals surface area contributed by atoms with E-state index in [1.54, 1.807) is 7.11 Å². The molecule has 12 heavy (non-hydrogen) atoms. The maximum atomic E-state index is 10.5. The van der Waals surface area contributed by atoms with Crippen LogP contribution in [0.25, 0.3) is 0 Å². The normalized spacial score (nSPS) is 9.50. The molecule has 0 atom stereocenters. The Hall–Kier alpha value is 0.200. The second kappa shape index (κ2) is 6.69. The fourth-order valence-corrected chi connectivity index (χ4v) is 0.988. The molecule has 0 bridgehead atoms. The van der Waals surface area contributed by atoms with E-state index in [1.165, 1.54) is 0 Å². The number of methoxy groups -OCH3 is 1. The maximum absolute atomic E-state index is 10.5. The van der Waals surface area contributed by atoms with E-state index in [0.717, 1.165) is 12.2 Å². The Bertz CT molecular complexity index is 213. The Morgan fingerprint density at radius 1 is 1.58 bits per heavy atom. The molecular weight excluding hydrogens is 165 g/mol. The molecule has 3 nitrogen and oxygen atoms in total. The van der Waals surface area contributed by atoms with Crippen LogP contribution in [-0.4, -0.2) is 18.3 Å². The molecule has 0 N–H and O–H groups in total. The van der Waals surface area contributed by atoms with Gasteiger partial charge in [0.2, 0.25) is 0 Å². The van der Waals surface area contributed by atoms with Crippen LogP contribution in [0.3, 0.4) is 0 Å². The molecular formula is C8H12NNaO2. The summed E-state index contributed by atoms with van der Waals surface area (Å²) in [5, 5.41) is 10.5. The third kappa shape index (κ3) is 3.29. The van der Waals surface area contributed by atoms with E-state index >= 15 is 0 Å². The minimum atomic E-state index is -0.156. The molecule has 0 saturated heterocycles. The molecule has 4 heteroatoms. The van der Waals surface area contributed by atoms with Gasteiger partial charge in [0.1, 0.15) is 0 Å². The standard InChI is InChI=1S/C8H12NO2.Na/c1-11-6-5-9-4-2-3-8(9)7-10;/h2-4H,5-7H2,1H3;/q-1;+1. The van der Waals surface area contributed by atoms with Gasteiger partial charge < -0.3 is 14.4 Å². The molecule has 1 aromatic rings. The van der Waals surface area contributed by atoms with Gasteiger partial charge >= 0.3 is 29.6 Å². The average Bonchev–Trinajstić information content (AvgIpc) is 2.47. The summed E-state index contributed by atoms with van der Waals surface area (Å²) in [7, 11) is 1.65. The van der Waals surface area contributed by atoms with Gasteiger partial charge in [0.05, 0.1) is 6.61 Å². The first-order valence-electron chi connectivity index (χ1n) is 3.59. The molecule has 0 spiro atoms. The third-order valence-corrected chi connectivity index (χ3v) is 1.61. The third-order valence-electron chi connectivity index (χ3n) is 1.61. The molecule has 0 unspecified atom stereocenters. The number of aromatic nitrogens is 1. The SMILES string of the molecule is COCCn1cccc1C[O-].[Na+]. The molecule has 62 valence electrons. The molecule has 0 radical (unpaired) electrons. The first kappa shape index (κ1) is 12.2. The number of ether oxygens (including phenoxy) is 1. The van der Waals surface area contributed by atoms with Crippen molar-refractivity contribution in [2.24, 2.45) is 0 Å².